The number of hydrogen-bond acceptors (Lipinski definition) is 2. The molecule has 0 saturated carbocycles. The van der Waals surface area contributed by atoms with Crippen LogP contribution in [0.4, 0.5) is 0 Å². The lowest BCUT2D eigenvalue weighted by Crippen LogP contribution is -1.97. The highest BCUT2D eigenvalue weighted by Crippen LogP contribution is 2.13. The van der Waals surface area contributed by atoms with Crippen molar-refractivity contribution in [2.24, 2.45) is 0 Å². The number of carboxylic acids is 1. The maximum absolute atomic E-state index is 10.5. The van der Waals surface area contributed by atoms with Gasteiger partial charge in [-0.25, -0.2) is 0 Å². The lowest BCUT2D eigenvalue weighted by molar-refractivity contribution is -0.137. The molecule has 0 saturated heterocycles. The van der Waals surface area contributed by atoms with Crippen LogP contribution in [0.2, 0.25) is 0 Å². The van der Waals surface area contributed by atoms with Crippen LogP contribution in [0.25, 0.3) is 0 Å². The highest BCUT2D eigenvalue weighted by molar-refractivity contribution is 5.66. The van der Waals surface area contributed by atoms with Crippen molar-refractivity contribution >= 4 is 5.97 Å². The highest BCUT2D eigenvalue weighted by atomic mass is 16.5. The average Bonchev–Trinajstić information content (AvgIpc) is 2.89. The van der Waals surface area contributed by atoms with E-state index in [9.17, 15) is 4.79 Å². The third-order valence-corrected chi connectivity index (χ3v) is 7.48. The van der Waals surface area contributed by atoms with Gasteiger partial charge in [0, 0.05) is 19.6 Å². The van der Waals surface area contributed by atoms with Gasteiger partial charge in [-0.2, -0.15) is 0 Å². The van der Waals surface area contributed by atoms with Crippen molar-refractivity contribution in [3.8, 4) is 0 Å². The van der Waals surface area contributed by atoms with E-state index in [0.717, 1.165) is 26.1 Å². The van der Waals surface area contributed by atoms with Crippen molar-refractivity contribution in [2.75, 3.05) is 13.2 Å². The topological polar surface area (TPSA) is 46.5 Å². The van der Waals surface area contributed by atoms with Crippen molar-refractivity contribution < 1.29 is 14.6 Å². The van der Waals surface area contributed by atoms with E-state index < -0.39 is 5.97 Å². The van der Waals surface area contributed by atoms with Crippen LogP contribution in [0.5, 0.6) is 0 Å². The van der Waals surface area contributed by atoms with Crippen LogP contribution in [-0.4, -0.2) is 24.3 Å². The molecule has 1 N–H and O–H groups in total. The first kappa shape index (κ1) is 36.2. The second kappa shape index (κ2) is 33.2. The summed E-state index contributed by atoms with van der Waals surface area (Å²) in [5.74, 6) is -0.656. The van der Waals surface area contributed by atoms with E-state index in [4.69, 9.17) is 9.84 Å². The van der Waals surface area contributed by atoms with E-state index in [1.807, 2.05) is 0 Å². The maximum atomic E-state index is 10.5. The van der Waals surface area contributed by atoms with E-state index in [-0.39, 0.29) is 0 Å². The normalized spacial score (nSPS) is 11.6. The van der Waals surface area contributed by atoms with Crippen LogP contribution in [0, 0.1) is 0 Å². The lowest BCUT2D eigenvalue weighted by Gasteiger charge is -2.05. The van der Waals surface area contributed by atoms with E-state index in [1.54, 1.807) is 0 Å². The number of unbranched alkanes of at least 4 members (excludes halogenated alkanes) is 24. The van der Waals surface area contributed by atoms with Gasteiger partial charge in [-0.1, -0.05) is 147 Å². The molecule has 0 heterocycles. The fraction of sp³-hybridized carbons (Fsp3) is 0.912. The van der Waals surface area contributed by atoms with Gasteiger partial charge in [0.25, 0.3) is 0 Å². The molecule has 0 aliphatic carbocycles. The Morgan fingerprint density at radius 1 is 0.486 bits per heavy atom. The van der Waals surface area contributed by atoms with Crippen molar-refractivity contribution in [3.05, 3.63) is 12.2 Å². The Morgan fingerprint density at radius 2 is 0.811 bits per heavy atom. The van der Waals surface area contributed by atoms with Crippen LogP contribution < -0.4 is 0 Å². The zero-order chi connectivity index (χ0) is 26.9. The van der Waals surface area contributed by atoms with Crippen LogP contribution in [0.3, 0.4) is 0 Å². The molecule has 0 aliphatic heterocycles. The van der Waals surface area contributed by atoms with Crippen LogP contribution in [-0.2, 0) is 9.53 Å². The molecular formula is C34H66O3. The third kappa shape index (κ3) is 35.2. The minimum absolute atomic E-state index is 0.337. The molecule has 0 aromatic heterocycles. The molecule has 0 atom stereocenters. The Labute approximate surface area is 232 Å². The number of carbonyl (C=O) groups is 1. The summed E-state index contributed by atoms with van der Waals surface area (Å²) in [4.78, 5) is 10.5. The van der Waals surface area contributed by atoms with Gasteiger partial charge in [0.2, 0.25) is 0 Å². The van der Waals surface area contributed by atoms with Crippen LogP contribution >= 0.6 is 0 Å². The number of carboxylic acid groups (broad SMARTS) is 1. The molecule has 0 aromatic rings. The molecule has 3 nitrogen and oxygen atoms in total. The largest absolute Gasteiger partial charge is 0.481 e. The van der Waals surface area contributed by atoms with Crippen molar-refractivity contribution in [1.82, 2.24) is 0 Å². The van der Waals surface area contributed by atoms with Crippen molar-refractivity contribution in [3.63, 3.8) is 0 Å². The molecule has 37 heavy (non-hydrogen) atoms. The summed E-state index contributed by atoms with van der Waals surface area (Å²) >= 11 is 0. The van der Waals surface area contributed by atoms with Gasteiger partial charge in [0.15, 0.2) is 0 Å². The van der Waals surface area contributed by atoms with Crippen LogP contribution in [0.15, 0.2) is 12.2 Å². The minimum Gasteiger partial charge on any atom is -0.481 e. The first-order valence-electron chi connectivity index (χ1n) is 16.7. The predicted octanol–water partition coefficient (Wildman–Crippen LogP) is 11.6. The summed E-state index contributed by atoms with van der Waals surface area (Å²) in [7, 11) is 0. The number of rotatable bonds is 32. The smallest absolute Gasteiger partial charge is 0.303 e. The lowest BCUT2D eigenvalue weighted by atomic mass is 10.0. The molecule has 220 valence electrons. The van der Waals surface area contributed by atoms with E-state index in [1.165, 1.54) is 161 Å². The molecule has 0 unspecified atom stereocenters. The second-order valence-corrected chi connectivity index (χ2v) is 11.3. The zero-order valence-corrected chi connectivity index (χ0v) is 25.1. The Balaban J connectivity index is 3.06. The fourth-order valence-electron chi connectivity index (χ4n) is 4.98. The van der Waals surface area contributed by atoms with Crippen LogP contribution in [0.1, 0.15) is 187 Å². The molecule has 0 bridgehead atoms. The molecule has 0 amide bonds. The van der Waals surface area contributed by atoms with E-state index >= 15 is 0 Å². The molecule has 0 radical (unpaired) electrons. The second-order valence-electron chi connectivity index (χ2n) is 11.3. The molecule has 0 fully saturated rings. The zero-order valence-electron chi connectivity index (χ0n) is 25.1. The van der Waals surface area contributed by atoms with Gasteiger partial charge in [-0.05, 0) is 44.9 Å². The summed E-state index contributed by atoms with van der Waals surface area (Å²) in [6.45, 7) is 4.20. The SMILES string of the molecule is CCCCCCCC/C=C\CCCCCCCCOCCCCCCCCCCCCCCCC(=O)O. The number of allylic oxidation sites excluding steroid dienone is 2. The third-order valence-electron chi connectivity index (χ3n) is 7.48. The average molecular weight is 523 g/mol. The van der Waals surface area contributed by atoms with Crippen molar-refractivity contribution in [1.29, 1.82) is 0 Å². The van der Waals surface area contributed by atoms with Gasteiger partial charge in [-0.15, -0.1) is 0 Å². The first-order valence-corrected chi connectivity index (χ1v) is 16.7. The summed E-state index contributed by atoms with van der Waals surface area (Å²) in [5.41, 5.74) is 0. The Hall–Kier alpha value is -0.830. The molecule has 0 rings (SSSR count). The first-order chi connectivity index (χ1) is 18.3. The standard InChI is InChI=1S/C34H66O3/c1-2-3-4-5-6-7-8-9-10-11-14-17-20-23-26-29-32-37-33-30-27-24-21-18-15-12-13-16-19-22-25-28-31-34(35)36/h9-10H,2-8,11-33H2,1H3,(H,35,36)/b10-9-. The number of ether oxygens (including phenoxy) is 1. The molecule has 0 aromatic carbocycles. The summed E-state index contributed by atoms with van der Waals surface area (Å²) < 4.78 is 5.83. The quantitative estimate of drug-likeness (QED) is 0.0705. The maximum Gasteiger partial charge on any atom is 0.303 e. The number of aliphatic carboxylic acids is 1. The molecule has 3 heteroatoms. The fourth-order valence-corrected chi connectivity index (χ4v) is 4.98. The molecule has 0 aliphatic rings. The van der Waals surface area contributed by atoms with Gasteiger partial charge in [0.1, 0.15) is 0 Å². The Kier molecular flexibility index (Phi) is 32.5. The summed E-state index contributed by atoms with van der Waals surface area (Å²) in [6.07, 6.45) is 40.7. The minimum atomic E-state index is -0.656. The summed E-state index contributed by atoms with van der Waals surface area (Å²) in [5, 5.41) is 8.62. The molecular weight excluding hydrogens is 456 g/mol. The van der Waals surface area contributed by atoms with E-state index in [2.05, 4.69) is 19.1 Å². The van der Waals surface area contributed by atoms with Gasteiger partial charge in [-0.3, -0.25) is 4.79 Å². The predicted molar refractivity (Wildman–Crippen MR) is 163 cm³/mol. The number of hydrogen-bond donors (Lipinski definition) is 1. The monoisotopic (exact) mass is 523 g/mol. The summed E-state index contributed by atoms with van der Waals surface area (Å²) in [6, 6.07) is 0. The van der Waals surface area contributed by atoms with Gasteiger partial charge < -0.3 is 9.84 Å². The van der Waals surface area contributed by atoms with E-state index in [0.29, 0.717) is 6.42 Å². The van der Waals surface area contributed by atoms with Crippen molar-refractivity contribution in [2.45, 2.75) is 187 Å². The highest BCUT2D eigenvalue weighted by Gasteiger charge is 1.98. The molecule has 0 spiro atoms. The Bertz CT molecular complexity index is 460. The van der Waals surface area contributed by atoms with Gasteiger partial charge >= 0.3 is 5.97 Å². The Morgan fingerprint density at radius 3 is 1.19 bits per heavy atom. The van der Waals surface area contributed by atoms with Gasteiger partial charge in [0.05, 0.1) is 0 Å².